The maximum Gasteiger partial charge on any atom is 0.0587 e. The first kappa shape index (κ1) is 16.3. The number of piperidine rings is 1. The number of hydrogen-bond acceptors (Lipinski definition) is 4. The Balaban J connectivity index is 1.97. The molecule has 0 aliphatic carbocycles. The summed E-state index contributed by atoms with van der Waals surface area (Å²) in [5.41, 5.74) is 2.73. The minimum atomic E-state index is 0.654. The van der Waals surface area contributed by atoms with Gasteiger partial charge in [-0.15, -0.1) is 0 Å². The molecule has 0 aromatic heterocycles. The van der Waals surface area contributed by atoms with Crippen molar-refractivity contribution in [3.8, 4) is 0 Å². The molecule has 0 amide bonds. The van der Waals surface area contributed by atoms with E-state index in [1.807, 2.05) is 0 Å². The molecule has 1 aliphatic heterocycles. The van der Waals surface area contributed by atoms with Crippen molar-refractivity contribution in [1.82, 2.24) is 10.2 Å². The monoisotopic (exact) mass is 291 g/mol. The van der Waals surface area contributed by atoms with Crippen LogP contribution in [0.3, 0.4) is 0 Å². The van der Waals surface area contributed by atoms with Crippen molar-refractivity contribution < 1.29 is 4.74 Å². The molecule has 0 unspecified atom stereocenters. The van der Waals surface area contributed by atoms with Crippen molar-refractivity contribution in [1.29, 1.82) is 0 Å². The molecule has 1 fully saturated rings. The highest BCUT2D eigenvalue weighted by atomic mass is 16.5. The Kier molecular flexibility index (Phi) is 6.49. The van der Waals surface area contributed by atoms with Gasteiger partial charge in [-0.05, 0) is 44.6 Å². The summed E-state index contributed by atoms with van der Waals surface area (Å²) in [6.45, 7) is 4.94. The van der Waals surface area contributed by atoms with Gasteiger partial charge in [0.05, 0.1) is 6.61 Å². The number of nitrogens with one attached hydrogen (secondary N) is 1. The predicted molar refractivity (Wildman–Crippen MR) is 88.9 cm³/mol. The van der Waals surface area contributed by atoms with Crippen molar-refractivity contribution in [2.45, 2.75) is 25.4 Å². The summed E-state index contributed by atoms with van der Waals surface area (Å²) in [7, 11) is 6.19. The molecule has 0 bridgehead atoms. The highest BCUT2D eigenvalue weighted by molar-refractivity contribution is 5.53. The zero-order chi connectivity index (χ0) is 15.1. The predicted octanol–water partition coefficient (Wildman–Crippen LogP) is 1.95. The quantitative estimate of drug-likeness (QED) is 0.777. The second-order valence-electron chi connectivity index (χ2n) is 5.94. The van der Waals surface area contributed by atoms with E-state index < -0.39 is 0 Å². The third kappa shape index (κ3) is 4.70. The van der Waals surface area contributed by atoms with Gasteiger partial charge in [-0.3, -0.25) is 0 Å². The van der Waals surface area contributed by atoms with E-state index in [1.165, 1.54) is 37.2 Å². The summed E-state index contributed by atoms with van der Waals surface area (Å²) >= 11 is 0. The molecule has 118 valence electrons. The zero-order valence-corrected chi connectivity index (χ0v) is 13.6. The summed E-state index contributed by atoms with van der Waals surface area (Å²) in [5, 5.41) is 3.45. The summed E-state index contributed by atoms with van der Waals surface area (Å²) in [6, 6.07) is 9.38. The average Bonchev–Trinajstić information content (AvgIpc) is 2.52. The summed E-state index contributed by atoms with van der Waals surface area (Å²) in [6.07, 6.45) is 2.50. The molecular weight excluding hydrogens is 262 g/mol. The van der Waals surface area contributed by atoms with Gasteiger partial charge in [0, 0.05) is 39.0 Å². The van der Waals surface area contributed by atoms with E-state index in [4.69, 9.17) is 4.74 Å². The van der Waals surface area contributed by atoms with Gasteiger partial charge in [0.2, 0.25) is 0 Å². The SMILES string of the molecule is COCCNCc1ccccc1N(C)C1CCN(C)CC1. The van der Waals surface area contributed by atoms with Crippen LogP contribution in [-0.4, -0.2) is 58.4 Å². The van der Waals surface area contributed by atoms with Crippen LogP contribution in [0.5, 0.6) is 0 Å². The first-order valence-electron chi connectivity index (χ1n) is 7.91. The molecule has 1 N–H and O–H groups in total. The van der Waals surface area contributed by atoms with Crippen LogP contribution in [-0.2, 0) is 11.3 Å². The van der Waals surface area contributed by atoms with E-state index in [1.54, 1.807) is 7.11 Å². The first-order valence-corrected chi connectivity index (χ1v) is 7.91. The lowest BCUT2D eigenvalue weighted by Gasteiger charge is -2.37. The number of hydrogen-bond donors (Lipinski definition) is 1. The van der Waals surface area contributed by atoms with E-state index in [2.05, 4.69) is 53.5 Å². The second-order valence-corrected chi connectivity index (χ2v) is 5.94. The molecule has 0 spiro atoms. The Morgan fingerprint density at radius 2 is 2.00 bits per heavy atom. The van der Waals surface area contributed by atoms with Crippen molar-refractivity contribution in [3.05, 3.63) is 29.8 Å². The van der Waals surface area contributed by atoms with Gasteiger partial charge < -0.3 is 19.9 Å². The van der Waals surface area contributed by atoms with Crippen LogP contribution >= 0.6 is 0 Å². The lowest BCUT2D eigenvalue weighted by atomic mass is 10.0. The number of anilines is 1. The first-order chi connectivity index (χ1) is 10.2. The van der Waals surface area contributed by atoms with E-state index in [9.17, 15) is 0 Å². The average molecular weight is 291 g/mol. The van der Waals surface area contributed by atoms with Crippen LogP contribution in [0.4, 0.5) is 5.69 Å². The van der Waals surface area contributed by atoms with Crippen molar-refractivity contribution in [2.75, 3.05) is 52.3 Å². The normalized spacial score (nSPS) is 17.1. The van der Waals surface area contributed by atoms with E-state index >= 15 is 0 Å². The second kappa shape index (κ2) is 8.37. The highest BCUT2D eigenvalue weighted by Gasteiger charge is 2.21. The topological polar surface area (TPSA) is 27.7 Å². The van der Waals surface area contributed by atoms with Crippen LogP contribution in [0.2, 0.25) is 0 Å². The fraction of sp³-hybridized carbons (Fsp3) is 0.647. The molecular formula is C17H29N3O. The number of likely N-dealkylation sites (tertiary alicyclic amines) is 1. The van der Waals surface area contributed by atoms with Gasteiger partial charge in [-0.25, -0.2) is 0 Å². The molecule has 1 aromatic rings. The van der Waals surface area contributed by atoms with E-state index in [-0.39, 0.29) is 0 Å². The summed E-state index contributed by atoms with van der Waals surface area (Å²) in [4.78, 5) is 4.89. The molecule has 0 saturated carbocycles. The largest absolute Gasteiger partial charge is 0.383 e. The molecule has 1 aromatic carbocycles. The number of benzene rings is 1. The molecule has 0 radical (unpaired) electrons. The fourth-order valence-corrected chi connectivity index (χ4v) is 2.98. The fourth-order valence-electron chi connectivity index (χ4n) is 2.98. The maximum atomic E-state index is 5.09. The number of ether oxygens (including phenoxy) is 1. The molecule has 21 heavy (non-hydrogen) atoms. The smallest absolute Gasteiger partial charge is 0.0587 e. The van der Waals surface area contributed by atoms with Gasteiger partial charge in [0.25, 0.3) is 0 Å². The van der Waals surface area contributed by atoms with Crippen molar-refractivity contribution >= 4 is 5.69 Å². The third-order valence-corrected chi connectivity index (χ3v) is 4.41. The minimum absolute atomic E-state index is 0.654. The van der Waals surface area contributed by atoms with Gasteiger partial charge in [-0.2, -0.15) is 0 Å². The van der Waals surface area contributed by atoms with Crippen molar-refractivity contribution in [3.63, 3.8) is 0 Å². The van der Waals surface area contributed by atoms with Crippen LogP contribution in [0, 0.1) is 0 Å². The number of para-hydroxylation sites is 1. The zero-order valence-electron chi connectivity index (χ0n) is 13.6. The standard InChI is InChI=1S/C17H29N3O/c1-19-11-8-16(9-12-19)20(2)17-7-5-4-6-15(17)14-18-10-13-21-3/h4-7,16,18H,8-14H2,1-3H3. The lowest BCUT2D eigenvalue weighted by molar-refractivity contribution is 0.199. The third-order valence-electron chi connectivity index (χ3n) is 4.41. The number of methoxy groups -OCH3 is 1. The Bertz CT molecular complexity index is 416. The maximum absolute atomic E-state index is 5.09. The highest BCUT2D eigenvalue weighted by Crippen LogP contribution is 2.25. The Labute approximate surface area is 129 Å². The molecule has 0 atom stereocenters. The lowest BCUT2D eigenvalue weighted by Crippen LogP contribution is -2.42. The summed E-state index contributed by atoms with van der Waals surface area (Å²) in [5.74, 6) is 0. The van der Waals surface area contributed by atoms with Crippen LogP contribution in [0.1, 0.15) is 18.4 Å². The van der Waals surface area contributed by atoms with Gasteiger partial charge in [0.15, 0.2) is 0 Å². The molecule has 1 heterocycles. The minimum Gasteiger partial charge on any atom is -0.383 e. The van der Waals surface area contributed by atoms with Gasteiger partial charge >= 0.3 is 0 Å². The molecule has 4 heteroatoms. The van der Waals surface area contributed by atoms with Crippen LogP contribution in [0.15, 0.2) is 24.3 Å². The Morgan fingerprint density at radius 1 is 1.29 bits per heavy atom. The van der Waals surface area contributed by atoms with Gasteiger partial charge in [-0.1, -0.05) is 18.2 Å². The van der Waals surface area contributed by atoms with E-state index in [0.29, 0.717) is 6.04 Å². The Morgan fingerprint density at radius 3 is 2.71 bits per heavy atom. The molecule has 1 saturated heterocycles. The molecule has 2 rings (SSSR count). The molecule has 1 aliphatic rings. The number of nitrogens with zero attached hydrogens (tertiary/aromatic N) is 2. The Hall–Kier alpha value is -1.10. The number of rotatable bonds is 7. The van der Waals surface area contributed by atoms with Crippen LogP contribution in [0.25, 0.3) is 0 Å². The van der Waals surface area contributed by atoms with Gasteiger partial charge in [0.1, 0.15) is 0 Å². The van der Waals surface area contributed by atoms with Crippen LogP contribution < -0.4 is 10.2 Å². The van der Waals surface area contributed by atoms with E-state index in [0.717, 1.165) is 19.7 Å². The molecule has 4 nitrogen and oxygen atoms in total. The summed E-state index contributed by atoms with van der Waals surface area (Å²) < 4.78 is 5.09. The van der Waals surface area contributed by atoms with Crippen molar-refractivity contribution in [2.24, 2.45) is 0 Å².